The Morgan fingerprint density at radius 3 is 2.60 bits per heavy atom. The maximum atomic E-state index is 12.2. The van der Waals surface area contributed by atoms with E-state index >= 15 is 0 Å². The summed E-state index contributed by atoms with van der Waals surface area (Å²) in [7, 11) is 0. The second kappa shape index (κ2) is 7.61. The predicted molar refractivity (Wildman–Crippen MR) is 102 cm³/mol. The van der Waals surface area contributed by atoms with Gasteiger partial charge in [0.1, 0.15) is 5.82 Å². The standard InChI is InChI=1S/C19H21N5O/c1-3-10-20-17-11-13(2)21-18(23-17)24-19(25)22-16-9-8-14-6-4-5-7-15(14)12-16/h4-9,11-12H,3,10H2,1-2H3,(H3,20,21,22,23,24,25). The molecule has 1 heterocycles. The Balaban J connectivity index is 1.70. The monoisotopic (exact) mass is 335 g/mol. The highest BCUT2D eigenvalue weighted by molar-refractivity contribution is 6.00. The Morgan fingerprint density at radius 1 is 1.00 bits per heavy atom. The van der Waals surface area contributed by atoms with E-state index in [1.165, 1.54) is 0 Å². The summed E-state index contributed by atoms with van der Waals surface area (Å²) in [5.74, 6) is 0.979. The lowest BCUT2D eigenvalue weighted by atomic mass is 10.1. The van der Waals surface area contributed by atoms with Gasteiger partial charge in [-0.15, -0.1) is 0 Å². The molecule has 6 heteroatoms. The number of carbonyl (C=O) groups excluding carboxylic acids is 1. The number of anilines is 3. The molecule has 128 valence electrons. The lowest BCUT2D eigenvalue weighted by Crippen LogP contribution is -2.21. The minimum absolute atomic E-state index is 0.275. The molecule has 6 nitrogen and oxygen atoms in total. The lowest BCUT2D eigenvalue weighted by Gasteiger charge is -2.10. The summed E-state index contributed by atoms with van der Waals surface area (Å²) in [5.41, 5.74) is 1.50. The van der Waals surface area contributed by atoms with Gasteiger partial charge in [0.15, 0.2) is 0 Å². The molecule has 0 saturated carbocycles. The molecule has 3 rings (SSSR count). The van der Waals surface area contributed by atoms with Gasteiger partial charge in [-0.2, -0.15) is 4.98 Å². The first-order chi connectivity index (χ1) is 12.1. The van der Waals surface area contributed by atoms with Crippen LogP contribution in [-0.2, 0) is 0 Å². The van der Waals surface area contributed by atoms with Crippen molar-refractivity contribution in [3.05, 3.63) is 54.2 Å². The van der Waals surface area contributed by atoms with Crippen LogP contribution in [0.15, 0.2) is 48.5 Å². The van der Waals surface area contributed by atoms with E-state index in [0.717, 1.165) is 29.4 Å². The fourth-order valence-corrected chi connectivity index (χ4v) is 2.50. The highest BCUT2D eigenvalue weighted by atomic mass is 16.2. The molecule has 0 saturated heterocycles. The van der Waals surface area contributed by atoms with Crippen molar-refractivity contribution in [3.8, 4) is 0 Å². The highest BCUT2D eigenvalue weighted by Crippen LogP contribution is 2.19. The maximum Gasteiger partial charge on any atom is 0.326 e. The zero-order chi connectivity index (χ0) is 17.6. The van der Waals surface area contributed by atoms with E-state index in [1.54, 1.807) is 0 Å². The summed E-state index contributed by atoms with van der Waals surface area (Å²) in [6.07, 6.45) is 0.994. The number of benzene rings is 2. The summed E-state index contributed by atoms with van der Waals surface area (Å²) in [6, 6.07) is 15.2. The minimum Gasteiger partial charge on any atom is -0.370 e. The van der Waals surface area contributed by atoms with E-state index in [4.69, 9.17) is 0 Å². The third-order valence-corrected chi connectivity index (χ3v) is 3.64. The van der Waals surface area contributed by atoms with Crippen molar-refractivity contribution in [2.45, 2.75) is 20.3 Å². The zero-order valence-electron chi connectivity index (χ0n) is 14.3. The van der Waals surface area contributed by atoms with Crippen LogP contribution >= 0.6 is 0 Å². The summed E-state index contributed by atoms with van der Waals surface area (Å²) >= 11 is 0. The Morgan fingerprint density at radius 2 is 1.80 bits per heavy atom. The van der Waals surface area contributed by atoms with Gasteiger partial charge in [0.2, 0.25) is 5.95 Å². The third-order valence-electron chi connectivity index (χ3n) is 3.64. The molecule has 0 radical (unpaired) electrons. The molecule has 2 aromatic carbocycles. The number of nitrogens with one attached hydrogen (secondary N) is 3. The van der Waals surface area contributed by atoms with Gasteiger partial charge in [0, 0.05) is 24.0 Å². The lowest BCUT2D eigenvalue weighted by molar-refractivity contribution is 0.262. The number of hydrogen-bond donors (Lipinski definition) is 3. The van der Waals surface area contributed by atoms with E-state index in [0.29, 0.717) is 11.5 Å². The van der Waals surface area contributed by atoms with Crippen LogP contribution in [0.3, 0.4) is 0 Å². The normalized spacial score (nSPS) is 10.5. The van der Waals surface area contributed by atoms with E-state index < -0.39 is 0 Å². The van der Waals surface area contributed by atoms with Gasteiger partial charge in [-0.3, -0.25) is 5.32 Å². The first kappa shape index (κ1) is 16.7. The van der Waals surface area contributed by atoms with Crippen LogP contribution in [0.25, 0.3) is 10.8 Å². The smallest absolute Gasteiger partial charge is 0.326 e. The van der Waals surface area contributed by atoms with Crippen LogP contribution in [0.2, 0.25) is 0 Å². The van der Waals surface area contributed by atoms with Gasteiger partial charge in [-0.25, -0.2) is 9.78 Å². The number of hydrogen-bond acceptors (Lipinski definition) is 4. The Labute approximate surface area is 146 Å². The second-order valence-corrected chi connectivity index (χ2v) is 5.79. The first-order valence-electron chi connectivity index (χ1n) is 8.30. The third kappa shape index (κ3) is 4.44. The molecule has 0 atom stereocenters. The van der Waals surface area contributed by atoms with E-state index in [1.807, 2.05) is 55.5 Å². The molecule has 25 heavy (non-hydrogen) atoms. The molecular weight excluding hydrogens is 314 g/mol. The van der Waals surface area contributed by atoms with Crippen molar-refractivity contribution in [1.29, 1.82) is 0 Å². The molecule has 0 spiro atoms. The number of aryl methyl sites for hydroxylation is 1. The molecule has 0 aliphatic carbocycles. The van der Waals surface area contributed by atoms with Crippen molar-refractivity contribution >= 4 is 34.3 Å². The molecule has 0 aliphatic heterocycles. The van der Waals surface area contributed by atoms with Crippen LogP contribution in [0.4, 0.5) is 22.2 Å². The fraction of sp³-hybridized carbons (Fsp3) is 0.211. The summed E-state index contributed by atoms with van der Waals surface area (Å²) in [5, 5.41) is 10.9. The summed E-state index contributed by atoms with van der Waals surface area (Å²) < 4.78 is 0. The number of rotatable bonds is 5. The van der Waals surface area contributed by atoms with Crippen molar-refractivity contribution < 1.29 is 4.79 Å². The number of amides is 2. The molecular formula is C19H21N5O. The van der Waals surface area contributed by atoms with Crippen LogP contribution < -0.4 is 16.0 Å². The van der Waals surface area contributed by atoms with Gasteiger partial charge in [-0.1, -0.05) is 37.3 Å². The van der Waals surface area contributed by atoms with Gasteiger partial charge in [0.25, 0.3) is 0 Å². The summed E-state index contributed by atoms with van der Waals surface area (Å²) in [4.78, 5) is 20.8. The van der Waals surface area contributed by atoms with Gasteiger partial charge in [0.05, 0.1) is 0 Å². The van der Waals surface area contributed by atoms with Crippen LogP contribution in [0, 0.1) is 6.92 Å². The van der Waals surface area contributed by atoms with Crippen molar-refractivity contribution in [2.24, 2.45) is 0 Å². The predicted octanol–water partition coefficient (Wildman–Crippen LogP) is 4.40. The first-order valence-corrected chi connectivity index (χ1v) is 8.30. The Bertz CT molecular complexity index is 894. The van der Waals surface area contributed by atoms with Crippen LogP contribution in [0.5, 0.6) is 0 Å². The number of aromatic nitrogens is 2. The molecule has 3 N–H and O–H groups in total. The van der Waals surface area contributed by atoms with Crippen LogP contribution in [0.1, 0.15) is 19.0 Å². The minimum atomic E-state index is -0.373. The van der Waals surface area contributed by atoms with E-state index in [-0.39, 0.29) is 12.0 Å². The maximum absolute atomic E-state index is 12.2. The zero-order valence-corrected chi connectivity index (χ0v) is 14.3. The van der Waals surface area contributed by atoms with Crippen molar-refractivity contribution in [3.63, 3.8) is 0 Å². The van der Waals surface area contributed by atoms with Gasteiger partial charge < -0.3 is 10.6 Å². The SMILES string of the molecule is CCCNc1cc(C)nc(NC(=O)Nc2ccc3ccccc3c2)n1. The summed E-state index contributed by atoms with van der Waals surface area (Å²) in [6.45, 7) is 4.77. The average Bonchev–Trinajstić information content (AvgIpc) is 2.59. The topological polar surface area (TPSA) is 78.9 Å². The van der Waals surface area contributed by atoms with Crippen molar-refractivity contribution in [1.82, 2.24) is 9.97 Å². The fourth-order valence-electron chi connectivity index (χ4n) is 2.50. The van der Waals surface area contributed by atoms with Gasteiger partial charge >= 0.3 is 6.03 Å². The Kier molecular flexibility index (Phi) is 5.09. The quantitative estimate of drug-likeness (QED) is 0.645. The number of fused-ring (bicyclic) bond motifs is 1. The largest absolute Gasteiger partial charge is 0.370 e. The molecule has 1 aromatic heterocycles. The Hall–Kier alpha value is -3.15. The second-order valence-electron chi connectivity index (χ2n) is 5.79. The van der Waals surface area contributed by atoms with E-state index in [9.17, 15) is 4.79 Å². The highest BCUT2D eigenvalue weighted by Gasteiger charge is 2.07. The molecule has 0 aliphatic rings. The molecule has 0 fully saturated rings. The van der Waals surface area contributed by atoms with Gasteiger partial charge in [-0.05, 0) is 36.2 Å². The van der Waals surface area contributed by atoms with Crippen LogP contribution in [-0.4, -0.2) is 22.5 Å². The number of urea groups is 1. The van der Waals surface area contributed by atoms with Crippen molar-refractivity contribution in [2.75, 3.05) is 22.5 Å². The molecule has 0 unspecified atom stereocenters. The molecule has 3 aromatic rings. The average molecular weight is 335 g/mol. The van der Waals surface area contributed by atoms with E-state index in [2.05, 4.69) is 32.8 Å². The number of nitrogens with zero attached hydrogens (tertiary/aromatic N) is 2. The number of carbonyl (C=O) groups is 1. The molecule has 0 bridgehead atoms. The molecule has 2 amide bonds.